The van der Waals surface area contributed by atoms with Gasteiger partial charge in [-0.15, -0.1) is 0 Å². The lowest BCUT2D eigenvalue weighted by Gasteiger charge is -2.11. The molecule has 0 atom stereocenters. The molecule has 0 fully saturated rings. The molecule has 2 aromatic rings. The first-order chi connectivity index (χ1) is 11.0. The molecule has 1 heterocycles. The lowest BCUT2D eigenvalue weighted by molar-refractivity contribution is 0.102. The number of amides is 1. The molecule has 0 unspecified atom stereocenters. The zero-order valence-corrected chi connectivity index (χ0v) is 14.3. The van der Waals surface area contributed by atoms with E-state index >= 15 is 0 Å². The van der Waals surface area contributed by atoms with E-state index in [0.29, 0.717) is 24.5 Å². The van der Waals surface area contributed by atoms with Crippen molar-refractivity contribution in [2.24, 2.45) is 7.05 Å². The van der Waals surface area contributed by atoms with Gasteiger partial charge in [-0.05, 0) is 39.0 Å². The number of benzene rings is 1. The predicted molar refractivity (Wildman–Crippen MR) is 89.0 cm³/mol. The minimum Gasteiger partial charge on any atom is -0.496 e. The molecule has 2 rings (SSSR count). The van der Waals surface area contributed by atoms with Crippen molar-refractivity contribution < 1.29 is 14.3 Å². The van der Waals surface area contributed by atoms with Crippen LogP contribution in [-0.4, -0.2) is 29.4 Å². The minimum absolute atomic E-state index is 0.176. The molecule has 1 aromatic carbocycles. The molecule has 0 bridgehead atoms. The van der Waals surface area contributed by atoms with Crippen LogP contribution in [0.15, 0.2) is 18.2 Å². The molecule has 0 saturated heterocycles. The van der Waals surface area contributed by atoms with Crippen molar-refractivity contribution in [2.75, 3.05) is 19.0 Å². The Morgan fingerprint density at radius 1 is 1.35 bits per heavy atom. The third-order valence-corrected chi connectivity index (χ3v) is 3.75. The molecule has 0 saturated carbocycles. The fourth-order valence-corrected chi connectivity index (χ4v) is 2.38. The summed E-state index contributed by atoms with van der Waals surface area (Å²) in [4.78, 5) is 12.5. The van der Waals surface area contributed by atoms with Gasteiger partial charge in [0.2, 0.25) is 0 Å². The van der Waals surface area contributed by atoms with Crippen LogP contribution in [0.1, 0.15) is 34.2 Å². The van der Waals surface area contributed by atoms with Gasteiger partial charge >= 0.3 is 0 Å². The third kappa shape index (κ3) is 3.71. The van der Waals surface area contributed by atoms with Crippen LogP contribution in [0, 0.1) is 13.8 Å². The van der Waals surface area contributed by atoms with Gasteiger partial charge < -0.3 is 14.8 Å². The topological polar surface area (TPSA) is 65.4 Å². The van der Waals surface area contributed by atoms with E-state index in [2.05, 4.69) is 10.4 Å². The van der Waals surface area contributed by atoms with Gasteiger partial charge in [0.1, 0.15) is 5.75 Å². The van der Waals surface area contributed by atoms with E-state index in [0.717, 1.165) is 22.6 Å². The molecular formula is C17H23N3O3. The van der Waals surface area contributed by atoms with E-state index in [1.807, 2.05) is 27.8 Å². The summed E-state index contributed by atoms with van der Waals surface area (Å²) in [6, 6.07) is 5.32. The highest BCUT2D eigenvalue weighted by Gasteiger charge is 2.15. The number of aromatic nitrogens is 2. The first-order valence-electron chi connectivity index (χ1n) is 7.54. The molecule has 23 heavy (non-hydrogen) atoms. The normalized spacial score (nSPS) is 10.7. The van der Waals surface area contributed by atoms with Crippen molar-refractivity contribution in [1.82, 2.24) is 9.78 Å². The Kier molecular flexibility index (Phi) is 5.39. The van der Waals surface area contributed by atoms with Crippen LogP contribution in [0.3, 0.4) is 0 Å². The van der Waals surface area contributed by atoms with Crippen LogP contribution in [0.25, 0.3) is 0 Å². The standard InChI is InChI=1S/C17H23N3O3/c1-6-23-10-14-9-13(7-8-15(14)22-5)17(21)18-16-11(2)19-20(4)12(16)3/h7-9H,6,10H2,1-5H3,(H,18,21). The fraction of sp³-hybridized carbons (Fsp3) is 0.412. The van der Waals surface area contributed by atoms with Crippen LogP contribution >= 0.6 is 0 Å². The van der Waals surface area contributed by atoms with E-state index in [1.165, 1.54) is 0 Å². The number of nitrogens with one attached hydrogen (secondary N) is 1. The number of carbonyl (C=O) groups excluding carboxylic acids is 1. The van der Waals surface area contributed by atoms with Gasteiger partial charge in [0.25, 0.3) is 5.91 Å². The number of anilines is 1. The molecule has 124 valence electrons. The summed E-state index contributed by atoms with van der Waals surface area (Å²) < 4.78 is 12.5. The number of rotatable bonds is 6. The van der Waals surface area contributed by atoms with Gasteiger partial charge in [0.05, 0.1) is 30.8 Å². The Hall–Kier alpha value is -2.34. The maximum Gasteiger partial charge on any atom is 0.255 e. The highest BCUT2D eigenvalue weighted by molar-refractivity contribution is 6.05. The van der Waals surface area contributed by atoms with Crippen molar-refractivity contribution in [3.05, 3.63) is 40.7 Å². The van der Waals surface area contributed by atoms with Crippen molar-refractivity contribution in [3.63, 3.8) is 0 Å². The largest absolute Gasteiger partial charge is 0.496 e. The molecule has 1 N–H and O–H groups in total. The zero-order chi connectivity index (χ0) is 17.0. The summed E-state index contributed by atoms with van der Waals surface area (Å²) in [5.74, 6) is 0.536. The highest BCUT2D eigenvalue weighted by Crippen LogP contribution is 2.23. The smallest absolute Gasteiger partial charge is 0.255 e. The Balaban J connectivity index is 2.25. The summed E-state index contributed by atoms with van der Waals surface area (Å²) in [6.07, 6.45) is 0. The number of carbonyl (C=O) groups is 1. The van der Waals surface area contributed by atoms with E-state index in [-0.39, 0.29) is 5.91 Å². The van der Waals surface area contributed by atoms with Gasteiger partial charge in [0, 0.05) is 24.8 Å². The molecule has 6 nitrogen and oxygen atoms in total. The van der Waals surface area contributed by atoms with Crippen LogP contribution in [0.2, 0.25) is 0 Å². The molecule has 0 aliphatic rings. The van der Waals surface area contributed by atoms with E-state index in [1.54, 1.807) is 30.0 Å². The first kappa shape index (κ1) is 17.0. The molecule has 6 heteroatoms. The molecule has 0 aliphatic heterocycles. The van der Waals surface area contributed by atoms with Crippen molar-refractivity contribution in [1.29, 1.82) is 0 Å². The SMILES string of the molecule is CCOCc1cc(C(=O)Nc2c(C)nn(C)c2C)ccc1OC. The zero-order valence-electron chi connectivity index (χ0n) is 14.3. The summed E-state index contributed by atoms with van der Waals surface area (Å²) in [7, 11) is 3.46. The van der Waals surface area contributed by atoms with Crippen LogP contribution in [0.5, 0.6) is 5.75 Å². The van der Waals surface area contributed by atoms with Crippen molar-refractivity contribution in [3.8, 4) is 5.75 Å². The van der Waals surface area contributed by atoms with E-state index in [4.69, 9.17) is 9.47 Å². The number of nitrogens with zero attached hydrogens (tertiary/aromatic N) is 2. The predicted octanol–water partition coefficient (Wildman–Crippen LogP) is 2.83. The Morgan fingerprint density at radius 2 is 2.09 bits per heavy atom. The maximum atomic E-state index is 12.5. The monoisotopic (exact) mass is 317 g/mol. The lowest BCUT2D eigenvalue weighted by Crippen LogP contribution is -2.14. The van der Waals surface area contributed by atoms with Crippen molar-refractivity contribution >= 4 is 11.6 Å². The molecule has 0 radical (unpaired) electrons. The van der Waals surface area contributed by atoms with Crippen LogP contribution in [-0.2, 0) is 18.4 Å². The minimum atomic E-state index is -0.176. The molecule has 1 aromatic heterocycles. The number of aryl methyl sites for hydroxylation is 2. The van der Waals surface area contributed by atoms with Crippen LogP contribution < -0.4 is 10.1 Å². The molecular weight excluding hydrogens is 294 g/mol. The summed E-state index contributed by atoms with van der Waals surface area (Å²) >= 11 is 0. The fourth-order valence-electron chi connectivity index (χ4n) is 2.38. The van der Waals surface area contributed by atoms with Gasteiger partial charge in [-0.2, -0.15) is 5.10 Å². The van der Waals surface area contributed by atoms with Crippen molar-refractivity contribution in [2.45, 2.75) is 27.4 Å². The number of hydrogen-bond acceptors (Lipinski definition) is 4. The Bertz CT molecular complexity index is 707. The van der Waals surface area contributed by atoms with Gasteiger partial charge in [0.15, 0.2) is 0 Å². The second-order valence-electron chi connectivity index (χ2n) is 5.29. The highest BCUT2D eigenvalue weighted by atomic mass is 16.5. The number of ether oxygens (including phenoxy) is 2. The third-order valence-electron chi connectivity index (χ3n) is 3.75. The van der Waals surface area contributed by atoms with Gasteiger partial charge in [-0.1, -0.05) is 0 Å². The molecule has 0 aliphatic carbocycles. The molecule has 0 spiro atoms. The summed E-state index contributed by atoms with van der Waals surface area (Å²) in [5, 5.41) is 7.24. The van der Waals surface area contributed by atoms with Gasteiger partial charge in [-0.25, -0.2) is 0 Å². The lowest BCUT2D eigenvalue weighted by atomic mass is 10.1. The second kappa shape index (κ2) is 7.28. The average Bonchev–Trinajstić information content (AvgIpc) is 2.78. The second-order valence-corrected chi connectivity index (χ2v) is 5.29. The van der Waals surface area contributed by atoms with Crippen LogP contribution in [0.4, 0.5) is 5.69 Å². The quantitative estimate of drug-likeness (QED) is 0.890. The van der Waals surface area contributed by atoms with E-state index in [9.17, 15) is 4.79 Å². The Labute approximate surface area is 136 Å². The van der Waals surface area contributed by atoms with E-state index < -0.39 is 0 Å². The molecule has 1 amide bonds. The van der Waals surface area contributed by atoms with Gasteiger partial charge in [-0.3, -0.25) is 9.48 Å². The number of methoxy groups -OCH3 is 1. The Morgan fingerprint density at radius 3 is 2.65 bits per heavy atom. The summed E-state index contributed by atoms with van der Waals surface area (Å²) in [6.45, 7) is 6.73. The average molecular weight is 317 g/mol. The maximum absolute atomic E-state index is 12.5. The number of hydrogen-bond donors (Lipinski definition) is 1. The summed E-state index contributed by atoms with van der Waals surface area (Å²) in [5.41, 5.74) is 3.87. The first-order valence-corrected chi connectivity index (χ1v) is 7.54.